The molecule has 0 aliphatic carbocycles. The molecule has 0 amide bonds. The van der Waals surface area contributed by atoms with E-state index in [4.69, 9.17) is 10.8 Å². The lowest BCUT2D eigenvalue weighted by atomic mass is 10.1. The Kier molecular flexibility index (Phi) is 2.46. The smallest absolute Gasteiger partial charge is 0.120 e. The zero-order chi connectivity index (χ0) is 8.27. The Morgan fingerprint density at radius 3 is 2.55 bits per heavy atom. The maximum atomic E-state index is 9.23. The van der Waals surface area contributed by atoms with Crippen LogP contribution in [0.5, 0.6) is 5.75 Å². The first kappa shape index (κ1) is 8.04. The Hall–Kier alpha value is -1.06. The van der Waals surface area contributed by atoms with Gasteiger partial charge in [0.25, 0.3) is 0 Å². The number of aliphatic hydroxyl groups is 1. The summed E-state index contributed by atoms with van der Waals surface area (Å²) in [4.78, 5) is 0. The van der Waals surface area contributed by atoms with Gasteiger partial charge in [0.05, 0.1) is 6.61 Å². The Bertz CT molecular complexity index is 248. The molecule has 0 fully saturated rings. The maximum absolute atomic E-state index is 9.23. The highest BCUT2D eigenvalue weighted by Crippen LogP contribution is 2.19. The Morgan fingerprint density at radius 1 is 1.36 bits per heavy atom. The van der Waals surface area contributed by atoms with Crippen LogP contribution in [0.25, 0.3) is 0 Å². The maximum Gasteiger partial charge on any atom is 0.120 e. The third kappa shape index (κ3) is 1.50. The first-order valence-corrected chi connectivity index (χ1v) is 3.40. The van der Waals surface area contributed by atoms with E-state index in [2.05, 4.69) is 0 Å². The van der Waals surface area contributed by atoms with Crippen LogP contribution in [-0.4, -0.2) is 10.2 Å². The molecule has 0 heterocycles. The van der Waals surface area contributed by atoms with E-state index in [1.807, 2.05) is 0 Å². The minimum absolute atomic E-state index is 0.0824. The summed E-state index contributed by atoms with van der Waals surface area (Å²) in [6.45, 7) is 0.170. The fourth-order valence-electron chi connectivity index (χ4n) is 1.00. The van der Waals surface area contributed by atoms with Crippen molar-refractivity contribution >= 4 is 0 Å². The predicted molar refractivity (Wildman–Crippen MR) is 41.9 cm³/mol. The van der Waals surface area contributed by atoms with Gasteiger partial charge in [0.2, 0.25) is 0 Å². The van der Waals surface area contributed by atoms with Gasteiger partial charge >= 0.3 is 0 Å². The Balaban J connectivity index is 3.13. The minimum Gasteiger partial charge on any atom is -0.508 e. The third-order valence-corrected chi connectivity index (χ3v) is 1.62. The van der Waals surface area contributed by atoms with Gasteiger partial charge in [-0.15, -0.1) is 0 Å². The number of phenolic OH excluding ortho intramolecular Hbond substituents is 1. The monoisotopic (exact) mass is 153 g/mol. The molecule has 0 aliphatic rings. The third-order valence-electron chi connectivity index (χ3n) is 1.62. The van der Waals surface area contributed by atoms with Crippen LogP contribution in [0.15, 0.2) is 18.2 Å². The van der Waals surface area contributed by atoms with Gasteiger partial charge in [0.15, 0.2) is 0 Å². The van der Waals surface area contributed by atoms with Crippen LogP contribution in [0.1, 0.15) is 11.1 Å². The van der Waals surface area contributed by atoms with Crippen LogP contribution in [0.3, 0.4) is 0 Å². The lowest BCUT2D eigenvalue weighted by Crippen LogP contribution is -2.01. The quantitative estimate of drug-likeness (QED) is 0.574. The summed E-state index contributed by atoms with van der Waals surface area (Å²) in [5, 5.41) is 18.0. The van der Waals surface area contributed by atoms with E-state index in [1.54, 1.807) is 18.2 Å². The molecule has 3 heteroatoms. The minimum atomic E-state index is -0.0824. The van der Waals surface area contributed by atoms with Gasteiger partial charge in [-0.05, 0) is 11.6 Å². The Labute approximate surface area is 65.1 Å². The largest absolute Gasteiger partial charge is 0.508 e. The number of aromatic hydroxyl groups is 1. The molecule has 4 N–H and O–H groups in total. The van der Waals surface area contributed by atoms with E-state index in [9.17, 15) is 5.11 Å². The average Bonchev–Trinajstić information content (AvgIpc) is 2.04. The standard InChI is InChI=1S/C8H11NO2/c9-4-7-6(5-10)2-1-3-8(7)11/h1-3,10-11H,4-5,9H2. The van der Waals surface area contributed by atoms with Crippen LogP contribution >= 0.6 is 0 Å². The number of phenols is 1. The molecule has 0 unspecified atom stereocenters. The zero-order valence-corrected chi connectivity index (χ0v) is 6.12. The fraction of sp³-hybridized carbons (Fsp3) is 0.250. The van der Waals surface area contributed by atoms with Crippen molar-refractivity contribution in [3.63, 3.8) is 0 Å². The molecule has 60 valence electrons. The highest BCUT2D eigenvalue weighted by Gasteiger charge is 2.03. The molecule has 1 aromatic rings. The van der Waals surface area contributed by atoms with Crippen molar-refractivity contribution in [3.8, 4) is 5.75 Å². The van der Waals surface area contributed by atoms with Crippen molar-refractivity contribution < 1.29 is 10.2 Å². The molecule has 1 aromatic carbocycles. The first-order chi connectivity index (χ1) is 5.29. The molecular weight excluding hydrogens is 142 g/mol. The summed E-state index contributed by atoms with van der Waals surface area (Å²) in [6, 6.07) is 4.98. The van der Waals surface area contributed by atoms with Gasteiger partial charge in [-0.25, -0.2) is 0 Å². The number of rotatable bonds is 2. The summed E-state index contributed by atoms with van der Waals surface area (Å²) in [6.07, 6.45) is 0. The Morgan fingerprint density at radius 2 is 2.09 bits per heavy atom. The van der Waals surface area contributed by atoms with Gasteiger partial charge in [-0.1, -0.05) is 12.1 Å². The fourth-order valence-corrected chi connectivity index (χ4v) is 1.00. The summed E-state index contributed by atoms with van der Waals surface area (Å²) in [5.74, 6) is 0.152. The average molecular weight is 153 g/mol. The predicted octanol–water partition coefficient (Wildman–Crippen LogP) is 0.343. The second-order valence-corrected chi connectivity index (χ2v) is 2.28. The first-order valence-electron chi connectivity index (χ1n) is 3.40. The molecule has 3 nitrogen and oxygen atoms in total. The van der Waals surface area contributed by atoms with Crippen molar-refractivity contribution in [2.75, 3.05) is 0 Å². The van der Waals surface area contributed by atoms with Gasteiger partial charge in [0, 0.05) is 12.1 Å². The van der Waals surface area contributed by atoms with Crippen molar-refractivity contribution in [1.29, 1.82) is 0 Å². The molecule has 0 radical (unpaired) electrons. The number of nitrogens with two attached hydrogens (primary N) is 1. The lowest BCUT2D eigenvalue weighted by Gasteiger charge is -2.05. The summed E-state index contributed by atoms with van der Waals surface area (Å²) in [7, 11) is 0. The van der Waals surface area contributed by atoms with E-state index in [-0.39, 0.29) is 18.9 Å². The van der Waals surface area contributed by atoms with E-state index < -0.39 is 0 Å². The summed E-state index contributed by atoms with van der Waals surface area (Å²) >= 11 is 0. The second-order valence-electron chi connectivity index (χ2n) is 2.28. The number of hydrogen-bond donors (Lipinski definition) is 3. The SMILES string of the molecule is NCc1c(O)cccc1CO. The molecule has 11 heavy (non-hydrogen) atoms. The molecule has 0 saturated heterocycles. The number of aliphatic hydroxyl groups excluding tert-OH is 1. The van der Waals surface area contributed by atoms with Crippen LogP contribution < -0.4 is 5.73 Å². The highest BCUT2D eigenvalue weighted by atomic mass is 16.3. The number of hydrogen-bond acceptors (Lipinski definition) is 3. The summed E-state index contributed by atoms with van der Waals surface area (Å²) < 4.78 is 0. The van der Waals surface area contributed by atoms with Crippen molar-refractivity contribution in [2.45, 2.75) is 13.2 Å². The highest BCUT2D eigenvalue weighted by molar-refractivity contribution is 5.38. The van der Waals surface area contributed by atoms with Crippen LogP contribution in [0.4, 0.5) is 0 Å². The topological polar surface area (TPSA) is 66.5 Å². The van der Waals surface area contributed by atoms with Crippen molar-refractivity contribution in [3.05, 3.63) is 29.3 Å². The van der Waals surface area contributed by atoms with E-state index >= 15 is 0 Å². The van der Waals surface area contributed by atoms with Gasteiger partial charge in [-0.2, -0.15) is 0 Å². The lowest BCUT2D eigenvalue weighted by molar-refractivity contribution is 0.279. The molecule has 0 spiro atoms. The molecule has 0 saturated carbocycles. The zero-order valence-electron chi connectivity index (χ0n) is 6.12. The van der Waals surface area contributed by atoms with Crippen molar-refractivity contribution in [1.82, 2.24) is 0 Å². The molecule has 0 aliphatic heterocycles. The molecule has 1 rings (SSSR count). The molecule has 0 aromatic heterocycles. The molecule has 0 atom stereocenters. The second kappa shape index (κ2) is 3.37. The van der Waals surface area contributed by atoms with E-state index in [0.717, 1.165) is 0 Å². The normalized spacial score (nSPS) is 10.0. The molecular formula is C8H11NO2. The van der Waals surface area contributed by atoms with Crippen molar-refractivity contribution in [2.24, 2.45) is 5.73 Å². The van der Waals surface area contributed by atoms with Gasteiger partial charge in [-0.3, -0.25) is 0 Å². The number of benzene rings is 1. The van der Waals surface area contributed by atoms with Crippen LogP contribution in [-0.2, 0) is 13.2 Å². The van der Waals surface area contributed by atoms with Gasteiger partial charge in [0.1, 0.15) is 5.75 Å². The van der Waals surface area contributed by atoms with E-state index in [1.165, 1.54) is 0 Å². The van der Waals surface area contributed by atoms with E-state index in [0.29, 0.717) is 11.1 Å². The summed E-state index contributed by atoms with van der Waals surface area (Å²) in [5.41, 5.74) is 6.66. The molecule has 0 bridgehead atoms. The van der Waals surface area contributed by atoms with Crippen LogP contribution in [0.2, 0.25) is 0 Å². The van der Waals surface area contributed by atoms with Crippen LogP contribution in [0, 0.1) is 0 Å². The van der Waals surface area contributed by atoms with Gasteiger partial charge < -0.3 is 15.9 Å².